The molecule has 194 valence electrons. The van der Waals surface area contributed by atoms with Crippen LogP contribution in [0.25, 0.3) is 0 Å². The monoisotopic (exact) mass is 536 g/mol. The summed E-state index contributed by atoms with van der Waals surface area (Å²) < 4.78 is 26.1. The third-order valence-electron chi connectivity index (χ3n) is 5.18. The zero-order valence-corrected chi connectivity index (χ0v) is 24.0. The molecule has 1 unspecified atom stereocenters. The Labute approximate surface area is 220 Å². The molecule has 6 nitrogen and oxygen atoms in total. The number of sulfone groups is 1. The van der Waals surface area contributed by atoms with Gasteiger partial charge in [0.25, 0.3) is 0 Å². The Kier molecular flexibility index (Phi) is 12.9. The Balaban J connectivity index is 1.99. The third-order valence-corrected chi connectivity index (χ3v) is 9.01. The molecule has 1 atom stereocenters. The molecule has 0 saturated carbocycles. The van der Waals surface area contributed by atoms with E-state index in [1.165, 1.54) is 16.0 Å². The van der Waals surface area contributed by atoms with Crippen molar-refractivity contribution >= 4 is 32.9 Å². The Morgan fingerprint density at radius 3 is 2.69 bits per heavy atom. The van der Waals surface area contributed by atoms with Crippen molar-refractivity contribution in [1.29, 1.82) is 0 Å². The molecule has 1 aromatic carbocycles. The Morgan fingerprint density at radius 2 is 2.00 bits per heavy atom. The van der Waals surface area contributed by atoms with Gasteiger partial charge in [0.05, 0.1) is 16.0 Å². The van der Waals surface area contributed by atoms with Gasteiger partial charge in [0.2, 0.25) is 9.84 Å². The fourth-order valence-electron chi connectivity index (χ4n) is 3.50. The normalized spacial score (nSPS) is 13.3. The number of aromatic nitrogens is 1. The molecular weight excluding hydrogens is 497 g/mol. The fourth-order valence-corrected chi connectivity index (χ4v) is 6.79. The molecule has 1 heterocycles. The number of aryl methyl sites for hydroxylation is 2. The molecule has 0 aliphatic heterocycles. The highest BCUT2D eigenvalue weighted by Gasteiger charge is 2.16. The van der Waals surface area contributed by atoms with Crippen LogP contribution in [0.15, 0.2) is 52.5 Å². The van der Waals surface area contributed by atoms with E-state index >= 15 is 0 Å². The van der Waals surface area contributed by atoms with Crippen molar-refractivity contribution < 1.29 is 8.42 Å². The number of nitrogens with zero attached hydrogens (tertiary/aromatic N) is 1. The van der Waals surface area contributed by atoms with E-state index in [1.54, 1.807) is 23.5 Å². The number of benzene rings is 1. The van der Waals surface area contributed by atoms with Gasteiger partial charge in [-0.2, -0.15) is 11.8 Å². The molecule has 0 spiro atoms. The van der Waals surface area contributed by atoms with Crippen molar-refractivity contribution in [2.75, 3.05) is 18.8 Å². The number of allylic oxidation sites excluding steroid dienone is 1. The number of nitrogens with one attached hydrogen (secondary N) is 3. The average Bonchev–Trinajstić information content (AvgIpc) is 3.21. The standard InChI is InChI=1S/C26H40N4O2S3/c1-6-11-21(5)29-25(19-35(31,32)24-13-10-9-12-20(24)4)28-15-16-33-18-22-23(8-3)34-26(30-22)17-27-14-7-2/h6,9-13,19,21,27-29H,7-8,14-18H2,1-5H3. The molecule has 0 saturated heterocycles. The first-order chi connectivity index (χ1) is 16.8. The molecule has 9 heteroatoms. The molecule has 0 fully saturated rings. The van der Waals surface area contributed by atoms with E-state index in [0.29, 0.717) is 17.3 Å². The summed E-state index contributed by atoms with van der Waals surface area (Å²) in [7, 11) is -3.58. The van der Waals surface area contributed by atoms with E-state index in [4.69, 9.17) is 4.98 Å². The molecule has 2 aromatic rings. The zero-order valence-electron chi connectivity index (χ0n) is 21.6. The fraction of sp³-hybridized carbons (Fsp3) is 0.500. The number of rotatable bonds is 16. The third kappa shape index (κ3) is 9.99. The Hall–Kier alpha value is -1.81. The highest BCUT2D eigenvalue weighted by molar-refractivity contribution is 7.98. The van der Waals surface area contributed by atoms with Gasteiger partial charge in [0.15, 0.2) is 0 Å². The lowest BCUT2D eigenvalue weighted by atomic mass is 10.2. The first-order valence-electron chi connectivity index (χ1n) is 12.2. The number of hydrogen-bond acceptors (Lipinski definition) is 8. The van der Waals surface area contributed by atoms with E-state index in [1.807, 2.05) is 56.8 Å². The van der Waals surface area contributed by atoms with Crippen molar-refractivity contribution in [3.63, 3.8) is 0 Å². The second-order valence-corrected chi connectivity index (χ2v) is 12.3. The van der Waals surface area contributed by atoms with Crippen LogP contribution in [-0.2, 0) is 28.6 Å². The van der Waals surface area contributed by atoms with Crippen LogP contribution in [0.1, 0.15) is 55.3 Å². The minimum Gasteiger partial charge on any atom is -0.370 e. The van der Waals surface area contributed by atoms with Gasteiger partial charge in [-0.05, 0) is 51.8 Å². The van der Waals surface area contributed by atoms with Crippen LogP contribution in [0.3, 0.4) is 0 Å². The van der Waals surface area contributed by atoms with Gasteiger partial charge in [0, 0.05) is 35.5 Å². The molecular formula is C26H40N4O2S3. The van der Waals surface area contributed by atoms with E-state index in [-0.39, 0.29) is 6.04 Å². The van der Waals surface area contributed by atoms with Gasteiger partial charge in [-0.15, -0.1) is 11.3 Å². The van der Waals surface area contributed by atoms with Crippen molar-refractivity contribution in [3.05, 3.63) is 68.8 Å². The maximum absolute atomic E-state index is 13.1. The Morgan fingerprint density at radius 1 is 1.23 bits per heavy atom. The van der Waals surface area contributed by atoms with Crippen LogP contribution in [0, 0.1) is 6.92 Å². The van der Waals surface area contributed by atoms with Gasteiger partial charge >= 0.3 is 0 Å². The van der Waals surface area contributed by atoms with E-state index < -0.39 is 9.84 Å². The van der Waals surface area contributed by atoms with Crippen molar-refractivity contribution in [2.24, 2.45) is 0 Å². The van der Waals surface area contributed by atoms with Crippen LogP contribution in [0.2, 0.25) is 0 Å². The first kappa shape index (κ1) is 29.4. The zero-order chi connectivity index (χ0) is 25.7. The summed E-state index contributed by atoms with van der Waals surface area (Å²) in [5, 5.41) is 12.5. The van der Waals surface area contributed by atoms with Crippen LogP contribution < -0.4 is 16.0 Å². The summed E-state index contributed by atoms with van der Waals surface area (Å²) in [6, 6.07) is 7.06. The predicted molar refractivity (Wildman–Crippen MR) is 152 cm³/mol. The number of thioether (sulfide) groups is 1. The summed E-state index contributed by atoms with van der Waals surface area (Å²) in [4.78, 5) is 6.52. The SMILES string of the molecule is CC=CC(C)NC(=CS(=O)(=O)c1ccccc1C)NCCSCc1nc(CNCCC)sc1CC. The van der Waals surface area contributed by atoms with Crippen molar-refractivity contribution in [2.45, 2.75) is 70.7 Å². The van der Waals surface area contributed by atoms with Crippen LogP contribution >= 0.6 is 23.1 Å². The molecule has 0 aliphatic carbocycles. The topological polar surface area (TPSA) is 83.1 Å². The van der Waals surface area contributed by atoms with Crippen molar-refractivity contribution in [1.82, 2.24) is 20.9 Å². The number of hydrogen-bond donors (Lipinski definition) is 3. The van der Waals surface area contributed by atoms with Gasteiger partial charge < -0.3 is 16.0 Å². The average molecular weight is 537 g/mol. The van der Waals surface area contributed by atoms with Gasteiger partial charge in [-0.3, -0.25) is 0 Å². The lowest BCUT2D eigenvalue weighted by Gasteiger charge is -2.17. The molecule has 35 heavy (non-hydrogen) atoms. The molecule has 2 rings (SSSR count). The smallest absolute Gasteiger partial charge is 0.203 e. The summed E-state index contributed by atoms with van der Waals surface area (Å²) in [6.07, 6.45) is 6.06. The maximum Gasteiger partial charge on any atom is 0.203 e. The summed E-state index contributed by atoms with van der Waals surface area (Å²) in [5.74, 6) is 2.20. The summed E-state index contributed by atoms with van der Waals surface area (Å²) >= 11 is 3.61. The lowest BCUT2D eigenvalue weighted by Crippen LogP contribution is -2.33. The molecule has 0 aliphatic rings. The van der Waals surface area contributed by atoms with E-state index in [9.17, 15) is 8.42 Å². The Bertz CT molecular complexity index is 1080. The molecule has 0 bridgehead atoms. The second kappa shape index (κ2) is 15.3. The van der Waals surface area contributed by atoms with Gasteiger partial charge in [0.1, 0.15) is 10.8 Å². The molecule has 0 radical (unpaired) electrons. The minimum atomic E-state index is -3.58. The summed E-state index contributed by atoms with van der Waals surface area (Å²) in [5.41, 5.74) is 1.91. The molecule has 1 aromatic heterocycles. The van der Waals surface area contributed by atoms with Crippen molar-refractivity contribution in [3.8, 4) is 0 Å². The largest absolute Gasteiger partial charge is 0.370 e. The van der Waals surface area contributed by atoms with Gasteiger partial charge in [-0.25, -0.2) is 13.4 Å². The van der Waals surface area contributed by atoms with E-state index in [0.717, 1.165) is 48.0 Å². The number of thiazole rings is 1. The van der Waals surface area contributed by atoms with E-state index in [2.05, 4.69) is 29.8 Å². The van der Waals surface area contributed by atoms with Gasteiger partial charge in [-0.1, -0.05) is 44.2 Å². The highest BCUT2D eigenvalue weighted by Crippen LogP contribution is 2.23. The second-order valence-electron chi connectivity index (χ2n) is 8.29. The predicted octanol–water partition coefficient (Wildman–Crippen LogP) is 5.16. The van der Waals surface area contributed by atoms with Crippen LogP contribution in [-0.4, -0.2) is 38.3 Å². The summed E-state index contributed by atoms with van der Waals surface area (Å²) in [6.45, 7) is 12.6. The molecule has 0 amide bonds. The van der Waals surface area contributed by atoms with Crippen LogP contribution in [0.5, 0.6) is 0 Å². The lowest BCUT2D eigenvalue weighted by molar-refractivity contribution is 0.601. The molecule has 3 N–H and O–H groups in total. The maximum atomic E-state index is 13.1. The first-order valence-corrected chi connectivity index (χ1v) is 15.7. The van der Waals surface area contributed by atoms with Crippen LogP contribution in [0.4, 0.5) is 0 Å². The minimum absolute atomic E-state index is 0.000306. The quantitative estimate of drug-likeness (QED) is 0.202. The highest BCUT2D eigenvalue weighted by atomic mass is 32.2.